The Kier molecular flexibility index (Phi) is 7.56. The van der Waals surface area contributed by atoms with Gasteiger partial charge in [-0.1, -0.05) is 12.1 Å². The topological polar surface area (TPSA) is 137 Å². The van der Waals surface area contributed by atoms with Crippen molar-refractivity contribution in [1.82, 2.24) is 9.97 Å². The van der Waals surface area contributed by atoms with Crippen molar-refractivity contribution in [3.05, 3.63) is 42.0 Å². The number of aromatic amines is 1. The van der Waals surface area contributed by atoms with Gasteiger partial charge in [0.25, 0.3) is 6.01 Å². The Morgan fingerprint density at radius 2 is 1.77 bits per heavy atom. The predicted octanol–water partition coefficient (Wildman–Crippen LogP) is 2.62. The Labute approximate surface area is 222 Å². The van der Waals surface area contributed by atoms with Crippen LogP contribution in [0.25, 0.3) is 22.2 Å². The summed E-state index contributed by atoms with van der Waals surface area (Å²) in [7, 11) is 0. The molecule has 6 rings (SSSR count). The number of imidazole rings is 1. The zero-order valence-electron chi connectivity index (χ0n) is 20.6. The molecular formula is C25H24F5N3O7. The number of H-pyrrole nitrogens is 1. The van der Waals surface area contributed by atoms with Gasteiger partial charge in [0.05, 0.1) is 30.4 Å². The van der Waals surface area contributed by atoms with E-state index in [1.54, 1.807) is 24.3 Å². The van der Waals surface area contributed by atoms with Crippen LogP contribution >= 0.6 is 0 Å². The van der Waals surface area contributed by atoms with Crippen LogP contribution in [0.15, 0.2) is 30.3 Å². The van der Waals surface area contributed by atoms with E-state index in [1.165, 1.54) is 6.07 Å². The summed E-state index contributed by atoms with van der Waals surface area (Å²) in [5.74, 6) is -4.26. The van der Waals surface area contributed by atoms with Gasteiger partial charge in [-0.05, 0) is 24.1 Å². The molecule has 0 saturated carbocycles. The third-order valence-electron chi connectivity index (χ3n) is 6.82. The number of nitrogens with one attached hydrogen (secondary N) is 1. The Morgan fingerprint density at radius 3 is 2.40 bits per heavy atom. The minimum atomic E-state index is -5.08. The molecule has 3 aliphatic heterocycles. The number of rotatable bonds is 4. The van der Waals surface area contributed by atoms with E-state index in [4.69, 9.17) is 24.1 Å². The molecule has 0 amide bonds. The molecule has 0 aliphatic carbocycles. The van der Waals surface area contributed by atoms with Gasteiger partial charge in [-0.25, -0.2) is 13.6 Å². The molecule has 3 saturated heterocycles. The van der Waals surface area contributed by atoms with Crippen LogP contribution in [0.2, 0.25) is 0 Å². The third kappa shape index (κ3) is 5.54. The molecule has 0 radical (unpaired) electrons. The lowest BCUT2D eigenvalue weighted by atomic mass is 10.0. The van der Waals surface area contributed by atoms with Crippen LogP contribution in [0.1, 0.15) is 6.42 Å². The highest BCUT2D eigenvalue weighted by molar-refractivity contribution is 5.84. The second kappa shape index (κ2) is 10.8. The zero-order chi connectivity index (χ0) is 28.8. The van der Waals surface area contributed by atoms with Crippen LogP contribution < -0.4 is 9.64 Å². The molecule has 3 aromatic rings. The highest BCUT2D eigenvalue weighted by Crippen LogP contribution is 2.35. The van der Waals surface area contributed by atoms with Gasteiger partial charge in [-0.2, -0.15) is 18.2 Å². The number of anilines is 1. The summed E-state index contributed by atoms with van der Waals surface area (Å²) in [6.07, 6.45) is -6.88. The first-order valence-corrected chi connectivity index (χ1v) is 12.2. The van der Waals surface area contributed by atoms with E-state index in [9.17, 15) is 27.8 Å². The number of hydrogen-bond donors (Lipinski definition) is 4. The summed E-state index contributed by atoms with van der Waals surface area (Å²) in [6.45, 7) is 1.65. The number of carboxylic acid groups (broad SMARTS) is 1. The maximum absolute atomic E-state index is 15.4. The summed E-state index contributed by atoms with van der Waals surface area (Å²) in [4.78, 5) is 17.9. The van der Waals surface area contributed by atoms with Crippen molar-refractivity contribution in [2.75, 3.05) is 31.2 Å². The molecule has 1 aromatic heterocycles. The lowest BCUT2D eigenvalue weighted by molar-refractivity contribution is -0.192. The van der Waals surface area contributed by atoms with Crippen LogP contribution in [-0.4, -0.2) is 94.3 Å². The molecule has 2 aromatic carbocycles. The van der Waals surface area contributed by atoms with Gasteiger partial charge < -0.3 is 39.4 Å². The Balaban J connectivity index is 0.000000411. The molecule has 15 heteroatoms. The quantitative estimate of drug-likeness (QED) is 0.347. The molecular weight excluding hydrogens is 549 g/mol. The number of carbonyl (C=O) groups is 1. The Morgan fingerprint density at radius 1 is 1.10 bits per heavy atom. The first kappa shape index (κ1) is 28.0. The normalized spacial score (nSPS) is 26.1. The van der Waals surface area contributed by atoms with Gasteiger partial charge in [0, 0.05) is 24.8 Å². The summed E-state index contributed by atoms with van der Waals surface area (Å²) in [6, 6.07) is 8.14. The van der Waals surface area contributed by atoms with Gasteiger partial charge >= 0.3 is 12.1 Å². The number of fused-ring (bicyclic) bond motifs is 2. The van der Waals surface area contributed by atoms with Crippen molar-refractivity contribution < 1.29 is 56.3 Å². The second-order valence-corrected chi connectivity index (χ2v) is 9.54. The smallest absolute Gasteiger partial charge is 0.475 e. The van der Waals surface area contributed by atoms with E-state index < -0.39 is 48.2 Å². The molecule has 3 aliphatic rings. The van der Waals surface area contributed by atoms with E-state index in [0.29, 0.717) is 18.5 Å². The van der Waals surface area contributed by atoms with Gasteiger partial charge in [-0.3, -0.25) is 0 Å². The van der Waals surface area contributed by atoms with E-state index in [2.05, 4.69) is 9.97 Å². The standard InChI is InChI=1S/C23H23F2N3O5.C2HF3O2/c24-14-7-15-20(27-23(26-15)33-17-10-32-21-16(30)9-31-22(17)21)19(25)18(14)11-1-3-12(4-2-11)28-6-5-13(29)8-28;3-2(4,5)1(6)7/h1-4,7,13,16-17,21-22,29-30H,5-6,8-10H2,(H,26,27);(H,6,7)/t13-,16-,17-,21-,22-;/m1./s1. The van der Waals surface area contributed by atoms with Crippen molar-refractivity contribution in [3.63, 3.8) is 0 Å². The highest BCUT2D eigenvalue weighted by atomic mass is 19.4. The number of β-amino-alcohol motifs (C(OH)–C–C–N with tert-alkyl or cyclic N) is 1. The summed E-state index contributed by atoms with van der Waals surface area (Å²) >= 11 is 0. The number of hydrogen-bond acceptors (Lipinski definition) is 8. The van der Waals surface area contributed by atoms with Crippen molar-refractivity contribution in [1.29, 1.82) is 0 Å². The molecule has 0 spiro atoms. The number of aliphatic carboxylic acids is 1. The molecule has 4 N–H and O–H groups in total. The molecule has 10 nitrogen and oxygen atoms in total. The number of benzene rings is 2. The Hall–Kier alpha value is -3.53. The third-order valence-corrected chi connectivity index (χ3v) is 6.82. The SMILES string of the molecule is O=C(O)C(F)(F)F.O[C@@H]1CCN(c2ccc(-c3c(F)cc4[nH]c(O[C@@H]5CO[C@H]6[C@@H]5OC[C@H]6O)nc4c3F)cc2)C1. The van der Waals surface area contributed by atoms with Gasteiger partial charge in [0.1, 0.15) is 29.6 Å². The summed E-state index contributed by atoms with van der Waals surface area (Å²) in [5.41, 5.74) is 1.26. The predicted molar refractivity (Wildman–Crippen MR) is 128 cm³/mol. The Bertz CT molecular complexity index is 1380. The second-order valence-electron chi connectivity index (χ2n) is 9.54. The average Bonchev–Trinajstić information content (AvgIpc) is 3.67. The van der Waals surface area contributed by atoms with Crippen molar-refractivity contribution in [2.45, 2.75) is 43.1 Å². The number of aliphatic hydroxyl groups excluding tert-OH is 2. The van der Waals surface area contributed by atoms with Crippen LogP contribution in [0.4, 0.5) is 27.6 Å². The first-order valence-electron chi connectivity index (χ1n) is 12.2. The minimum Gasteiger partial charge on any atom is -0.475 e. The number of ether oxygens (including phenoxy) is 3. The summed E-state index contributed by atoms with van der Waals surface area (Å²) < 4.78 is 78.9. The summed E-state index contributed by atoms with van der Waals surface area (Å²) in [5, 5.41) is 26.7. The van der Waals surface area contributed by atoms with Crippen LogP contribution in [0.3, 0.4) is 0 Å². The minimum absolute atomic E-state index is 0.0302. The number of halogens is 5. The first-order chi connectivity index (χ1) is 18.9. The van der Waals surface area contributed by atoms with Crippen molar-refractivity contribution in [3.8, 4) is 17.1 Å². The van der Waals surface area contributed by atoms with E-state index in [1.807, 2.05) is 4.90 Å². The van der Waals surface area contributed by atoms with Crippen LogP contribution in [0.5, 0.6) is 6.01 Å². The molecule has 0 unspecified atom stereocenters. The van der Waals surface area contributed by atoms with E-state index in [-0.39, 0.29) is 41.9 Å². The van der Waals surface area contributed by atoms with Crippen LogP contribution in [0, 0.1) is 11.6 Å². The van der Waals surface area contributed by atoms with Crippen LogP contribution in [-0.2, 0) is 14.3 Å². The van der Waals surface area contributed by atoms with Gasteiger partial charge in [0.15, 0.2) is 11.9 Å². The number of aromatic nitrogens is 2. The fourth-order valence-electron chi connectivity index (χ4n) is 4.88. The van der Waals surface area contributed by atoms with Gasteiger partial charge in [0.2, 0.25) is 0 Å². The van der Waals surface area contributed by atoms with Gasteiger partial charge in [-0.15, -0.1) is 0 Å². The number of aliphatic hydroxyl groups is 2. The molecule has 4 heterocycles. The lowest BCUT2D eigenvalue weighted by Gasteiger charge is -2.18. The maximum Gasteiger partial charge on any atom is 0.490 e. The number of alkyl halides is 3. The fraction of sp³-hybridized carbons (Fsp3) is 0.440. The van der Waals surface area contributed by atoms with E-state index >= 15 is 4.39 Å². The lowest BCUT2D eigenvalue weighted by Crippen LogP contribution is -2.34. The van der Waals surface area contributed by atoms with Crippen molar-refractivity contribution in [2.24, 2.45) is 0 Å². The molecule has 3 fully saturated rings. The monoisotopic (exact) mass is 573 g/mol. The molecule has 0 bridgehead atoms. The molecule has 216 valence electrons. The highest BCUT2D eigenvalue weighted by Gasteiger charge is 2.48. The molecule has 5 atom stereocenters. The molecule has 40 heavy (non-hydrogen) atoms. The maximum atomic E-state index is 15.4. The largest absolute Gasteiger partial charge is 0.490 e. The average molecular weight is 573 g/mol. The van der Waals surface area contributed by atoms with Crippen molar-refractivity contribution >= 4 is 22.7 Å². The van der Waals surface area contributed by atoms with E-state index in [0.717, 1.165) is 12.2 Å². The number of carboxylic acids is 1. The fourth-order valence-corrected chi connectivity index (χ4v) is 4.88. The zero-order valence-corrected chi connectivity index (χ0v) is 20.6. The number of nitrogens with zero attached hydrogens (tertiary/aromatic N) is 2.